The van der Waals surface area contributed by atoms with Gasteiger partial charge in [-0.1, -0.05) is 18.2 Å². The van der Waals surface area contributed by atoms with E-state index >= 15 is 0 Å². The average molecular weight is 396 g/mol. The van der Waals surface area contributed by atoms with Gasteiger partial charge in [-0.2, -0.15) is 0 Å². The number of hydrogen-bond acceptors (Lipinski definition) is 5. The molecule has 0 saturated carbocycles. The lowest BCUT2D eigenvalue weighted by molar-refractivity contribution is -0.126. The summed E-state index contributed by atoms with van der Waals surface area (Å²) in [7, 11) is 0. The van der Waals surface area contributed by atoms with Crippen LogP contribution in [-0.4, -0.2) is 31.8 Å². The van der Waals surface area contributed by atoms with Crippen molar-refractivity contribution in [2.75, 3.05) is 24.8 Å². The number of rotatable bonds is 6. The highest BCUT2D eigenvalue weighted by atomic mass is 16.7. The molecule has 4 rings (SSSR count). The molecule has 2 amide bonds. The van der Waals surface area contributed by atoms with E-state index in [2.05, 4.69) is 5.32 Å². The van der Waals surface area contributed by atoms with Crippen molar-refractivity contribution in [1.82, 2.24) is 5.32 Å². The maximum Gasteiger partial charge on any atom is 0.231 e. The summed E-state index contributed by atoms with van der Waals surface area (Å²) >= 11 is 0. The standard InChI is InChI=1S/C22H24N2O5/c1-3-27-18-7-5-4-6-17(18)24-12-16(11-21(24)25)22(26)23-14(2)15-8-9-19-20(10-15)29-13-28-19/h4-10,14,16H,3,11-13H2,1-2H3,(H,23,26). The van der Waals surface area contributed by atoms with E-state index in [1.165, 1.54) is 0 Å². The summed E-state index contributed by atoms with van der Waals surface area (Å²) in [6.45, 7) is 4.87. The fourth-order valence-electron chi connectivity index (χ4n) is 3.67. The number of hydrogen-bond donors (Lipinski definition) is 1. The van der Waals surface area contributed by atoms with Crippen LogP contribution < -0.4 is 24.4 Å². The highest BCUT2D eigenvalue weighted by Crippen LogP contribution is 2.35. The zero-order chi connectivity index (χ0) is 20.4. The van der Waals surface area contributed by atoms with Crippen LogP contribution >= 0.6 is 0 Å². The lowest BCUT2D eigenvalue weighted by Gasteiger charge is -2.21. The number of ether oxygens (including phenoxy) is 3. The van der Waals surface area contributed by atoms with Crippen molar-refractivity contribution in [3.63, 3.8) is 0 Å². The van der Waals surface area contributed by atoms with Crippen LogP contribution in [0.1, 0.15) is 31.9 Å². The minimum atomic E-state index is -0.409. The first kappa shape index (κ1) is 19.1. The molecule has 2 aliphatic heterocycles. The van der Waals surface area contributed by atoms with Crippen LogP contribution in [0.15, 0.2) is 42.5 Å². The Kier molecular flexibility index (Phi) is 5.29. The summed E-state index contributed by atoms with van der Waals surface area (Å²) in [4.78, 5) is 27.0. The van der Waals surface area contributed by atoms with Gasteiger partial charge in [0.05, 0.1) is 24.3 Å². The molecule has 1 N–H and O–H groups in total. The van der Waals surface area contributed by atoms with E-state index in [4.69, 9.17) is 14.2 Å². The number of nitrogens with zero attached hydrogens (tertiary/aromatic N) is 1. The van der Waals surface area contributed by atoms with Gasteiger partial charge in [0.1, 0.15) is 5.75 Å². The second kappa shape index (κ2) is 8.03. The van der Waals surface area contributed by atoms with Crippen LogP contribution in [0.4, 0.5) is 5.69 Å². The first-order chi connectivity index (χ1) is 14.1. The molecule has 0 spiro atoms. The summed E-state index contributed by atoms with van der Waals surface area (Å²) < 4.78 is 16.4. The number of benzene rings is 2. The summed E-state index contributed by atoms with van der Waals surface area (Å²) in [5, 5.41) is 3.02. The Morgan fingerprint density at radius 3 is 2.86 bits per heavy atom. The number of nitrogens with one attached hydrogen (secondary N) is 1. The van der Waals surface area contributed by atoms with E-state index in [0.29, 0.717) is 36.1 Å². The molecule has 1 fully saturated rings. The van der Waals surface area contributed by atoms with E-state index in [0.717, 1.165) is 5.56 Å². The normalized spacial score (nSPS) is 18.6. The molecule has 0 bridgehead atoms. The lowest BCUT2D eigenvalue weighted by Crippen LogP contribution is -2.34. The predicted octanol–water partition coefficient (Wildman–Crippen LogP) is 3.04. The van der Waals surface area contributed by atoms with E-state index in [1.54, 1.807) is 4.90 Å². The van der Waals surface area contributed by atoms with Gasteiger partial charge < -0.3 is 24.4 Å². The third-order valence-corrected chi connectivity index (χ3v) is 5.21. The lowest BCUT2D eigenvalue weighted by atomic mass is 10.0. The Hall–Kier alpha value is -3.22. The molecule has 0 aromatic heterocycles. The molecule has 2 aliphatic rings. The van der Waals surface area contributed by atoms with Crippen molar-refractivity contribution < 1.29 is 23.8 Å². The van der Waals surface area contributed by atoms with Gasteiger partial charge in [-0.05, 0) is 43.7 Å². The predicted molar refractivity (Wildman–Crippen MR) is 107 cm³/mol. The zero-order valence-corrected chi connectivity index (χ0v) is 16.5. The fraction of sp³-hybridized carbons (Fsp3) is 0.364. The molecule has 2 aromatic carbocycles. The fourth-order valence-corrected chi connectivity index (χ4v) is 3.67. The topological polar surface area (TPSA) is 77.1 Å². The van der Waals surface area contributed by atoms with Crippen LogP contribution in [0.25, 0.3) is 0 Å². The van der Waals surface area contributed by atoms with E-state index in [-0.39, 0.29) is 31.1 Å². The van der Waals surface area contributed by atoms with Gasteiger partial charge in [-0.25, -0.2) is 0 Å². The minimum Gasteiger partial charge on any atom is -0.492 e. The van der Waals surface area contributed by atoms with Crippen molar-refractivity contribution in [1.29, 1.82) is 0 Å². The largest absolute Gasteiger partial charge is 0.492 e. The number of para-hydroxylation sites is 2. The third kappa shape index (κ3) is 3.85. The first-order valence-electron chi connectivity index (χ1n) is 9.79. The van der Waals surface area contributed by atoms with Crippen molar-refractivity contribution in [2.45, 2.75) is 26.3 Å². The van der Waals surface area contributed by atoms with Gasteiger partial charge in [0, 0.05) is 13.0 Å². The molecule has 2 atom stereocenters. The Morgan fingerprint density at radius 2 is 2.03 bits per heavy atom. The van der Waals surface area contributed by atoms with Gasteiger partial charge in [0.15, 0.2) is 11.5 Å². The van der Waals surface area contributed by atoms with E-state index < -0.39 is 5.92 Å². The van der Waals surface area contributed by atoms with Gasteiger partial charge in [-0.15, -0.1) is 0 Å². The summed E-state index contributed by atoms with van der Waals surface area (Å²) in [6.07, 6.45) is 0.181. The smallest absolute Gasteiger partial charge is 0.231 e. The number of fused-ring (bicyclic) bond motifs is 1. The summed E-state index contributed by atoms with van der Waals surface area (Å²) in [5.74, 6) is 1.41. The zero-order valence-electron chi connectivity index (χ0n) is 16.5. The van der Waals surface area contributed by atoms with Gasteiger partial charge in [0.2, 0.25) is 18.6 Å². The maximum absolute atomic E-state index is 12.8. The first-order valence-corrected chi connectivity index (χ1v) is 9.79. The second-order valence-electron chi connectivity index (χ2n) is 7.15. The number of amides is 2. The molecule has 0 radical (unpaired) electrons. The van der Waals surface area contributed by atoms with E-state index in [9.17, 15) is 9.59 Å². The monoisotopic (exact) mass is 396 g/mol. The quantitative estimate of drug-likeness (QED) is 0.812. The molecule has 1 saturated heterocycles. The SMILES string of the molecule is CCOc1ccccc1N1CC(C(=O)NC(C)c2ccc3c(c2)OCO3)CC1=O. The van der Waals surface area contributed by atoms with Crippen molar-refractivity contribution in [3.8, 4) is 17.2 Å². The van der Waals surface area contributed by atoms with Crippen molar-refractivity contribution >= 4 is 17.5 Å². The Bertz CT molecular complexity index is 929. The molecular formula is C22H24N2O5. The molecular weight excluding hydrogens is 372 g/mol. The summed E-state index contributed by atoms with van der Waals surface area (Å²) in [5.41, 5.74) is 1.63. The molecule has 7 heteroatoms. The number of anilines is 1. The molecule has 7 nitrogen and oxygen atoms in total. The Labute approximate surface area is 169 Å². The van der Waals surface area contributed by atoms with E-state index in [1.807, 2.05) is 56.3 Å². The Balaban J connectivity index is 1.43. The van der Waals surface area contributed by atoms with Crippen molar-refractivity contribution in [2.24, 2.45) is 5.92 Å². The minimum absolute atomic E-state index is 0.0759. The van der Waals surface area contributed by atoms with Crippen LogP contribution in [0.2, 0.25) is 0 Å². The average Bonchev–Trinajstić information content (AvgIpc) is 3.34. The van der Waals surface area contributed by atoms with Crippen LogP contribution in [0, 0.1) is 5.92 Å². The third-order valence-electron chi connectivity index (χ3n) is 5.21. The van der Waals surface area contributed by atoms with Gasteiger partial charge in [0.25, 0.3) is 0 Å². The molecule has 2 unspecified atom stereocenters. The van der Waals surface area contributed by atoms with Gasteiger partial charge >= 0.3 is 0 Å². The number of carbonyl (C=O) groups excluding carboxylic acids is 2. The Morgan fingerprint density at radius 1 is 1.24 bits per heavy atom. The van der Waals surface area contributed by atoms with Crippen molar-refractivity contribution in [3.05, 3.63) is 48.0 Å². The molecule has 152 valence electrons. The molecule has 2 heterocycles. The molecule has 29 heavy (non-hydrogen) atoms. The number of carbonyl (C=O) groups is 2. The summed E-state index contributed by atoms with van der Waals surface area (Å²) in [6, 6.07) is 12.8. The highest BCUT2D eigenvalue weighted by molar-refractivity contribution is 6.01. The van der Waals surface area contributed by atoms with Crippen LogP contribution in [0.5, 0.6) is 17.2 Å². The maximum atomic E-state index is 12.8. The highest BCUT2D eigenvalue weighted by Gasteiger charge is 2.36. The van der Waals surface area contributed by atoms with Gasteiger partial charge in [-0.3, -0.25) is 9.59 Å². The molecule has 0 aliphatic carbocycles. The van der Waals surface area contributed by atoms with Crippen LogP contribution in [-0.2, 0) is 9.59 Å². The molecule has 2 aromatic rings. The second-order valence-corrected chi connectivity index (χ2v) is 7.15. The van der Waals surface area contributed by atoms with Crippen LogP contribution in [0.3, 0.4) is 0 Å².